The van der Waals surface area contributed by atoms with Crippen molar-refractivity contribution in [2.75, 3.05) is 12.5 Å². The Morgan fingerprint density at radius 1 is 1.09 bits per heavy atom. The summed E-state index contributed by atoms with van der Waals surface area (Å²) in [6.07, 6.45) is 1.76. The summed E-state index contributed by atoms with van der Waals surface area (Å²) in [6.45, 7) is 2.07. The van der Waals surface area contributed by atoms with E-state index in [0.29, 0.717) is 0 Å². The molecule has 2 aromatic carbocycles. The highest BCUT2D eigenvalue weighted by Crippen LogP contribution is 2.30. The van der Waals surface area contributed by atoms with E-state index in [-0.39, 0.29) is 0 Å². The van der Waals surface area contributed by atoms with Crippen LogP contribution >= 0.6 is 11.3 Å². The average Bonchev–Trinajstić information content (AvgIpc) is 2.97. The molecular weight excluding hydrogens is 306 g/mol. The minimum absolute atomic E-state index is 0.783. The third kappa shape index (κ3) is 3.76. The molecule has 0 saturated heterocycles. The second kappa shape index (κ2) is 7.07. The zero-order chi connectivity index (χ0) is 16.1. The van der Waals surface area contributed by atoms with Gasteiger partial charge in [-0.2, -0.15) is 5.10 Å². The predicted molar refractivity (Wildman–Crippen MR) is 96.5 cm³/mol. The lowest BCUT2D eigenvalue weighted by atomic mass is 10.1. The smallest absolute Gasteiger partial charge is 0.204 e. The van der Waals surface area contributed by atoms with Crippen molar-refractivity contribution >= 4 is 22.7 Å². The van der Waals surface area contributed by atoms with Gasteiger partial charge < -0.3 is 4.74 Å². The summed E-state index contributed by atoms with van der Waals surface area (Å²) in [5, 5.41) is 5.03. The number of aromatic nitrogens is 1. The van der Waals surface area contributed by atoms with Gasteiger partial charge in [0.1, 0.15) is 5.75 Å². The van der Waals surface area contributed by atoms with E-state index in [0.717, 1.165) is 27.7 Å². The average molecular weight is 323 g/mol. The topological polar surface area (TPSA) is 46.5 Å². The molecule has 0 aliphatic heterocycles. The first-order valence-electron chi connectivity index (χ1n) is 7.22. The number of benzene rings is 2. The van der Waals surface area contributed by atoms with Crippen molar-refractivity contribution in [2.45, 2.75) is 6.92 Å². The maximum absolute atomic E-state index is 5.13. The Morgan fingerprint density at radius 2 is 1.83 bits per heavy atom. The van der Waals surface area contributed by atoms with Gasteiger partial charge in [0.25, 0.3) is 0 Å². The molecule has 0 saturated carbocycles. The van der Waals surface area contributed by atoms with Crippen LogP contribution in [0.25, 0.3) is 11.3 Å². The molecule has 23 heavy (non-hydrogen) atoms. The van der Waals surface area contributed by atoms with Gasteiger partial charge in [-0.15, -0.1) is 11.3 Å². The second-order valence-corrected chi connectivity index (χ2v) is 6.14. The maximum Gasteiger partial charge on any atom is 0.204 e. The maximum atomic E-state index is 5.13. The van der Waals surface area contributed by atoms with Crippen LogP contribution in [-0.2, 0) is 0 Å². The number of aryl methyl sites for hydroxylation is 1. The molecule has 3 rings (SSSR count). The Kier molecular flexibility index (Phi) is 4.68. The number of hydrogen-bond acceptors (Lipinski definition) is 5. The fourth-order valence-corrected chi connectivity index (χ4v) is 2.95. The van der Waals surface area contributed by atoms with Crippen LogP contribution in [0.15, 0.2) is 59.7 Å². The monoisotopic (exact) mass is 323 g/mol. The van der Waals surface area contributed by atoms with Crippen molar-refractivity contribution in [2.24, 2.45) is 5.10 Å². The van der Waals surface area contributed by atoms with Crippen molar-refractivity contribution in [1.29, 1.82) is 0 Å². The number of hydrogen-bond donors (Lipinski definition) is 1. The molecule has 0 amide bonds. The van der Waals surface area contributed by atoms with Crippen LogP contribution in [0.2, 0.25) is 0 Å². The first-order chi connectivity index (χ1) is 11.3. The van der Waals surface area contributed by atoms with E-state index in [2.05, 4.69) is 34.6 Å². The number of nitrogens with one attached hydrogen (secondary N) is 1. The Hall–Kier alpha value is -2.66. The Labute approximate surface area is 139 Å². The van der Waals surface area contributed by atoms with Crippen LogP contribution in [0.3, 0.4) is 0 Å². The van der Waals surface area contributed by atoms with Gasteiger partial charge in [0.05, 0.1) is 19.0 Å². The quantitative estimate of drug-likeness (QED) is 0.552. The fraction of sp³-hybridized carbons (Fsp3) is 0.111. The lowest BCUT2D eigenvalue weighted by molar-refractivity contribution is 0.415. The van der Waals surface area contributed by atoms with Crippen LogP contribution in [0, 0.1) is 6.92 Å². The molecule has 1 aromatic heterocycles. The third-order valence-corrected chi connectivity index (χ3v) is 4.21. The Balaban J connectivity index is 1.70. The summed E-state index contributed by atoms with van der Waals surface area (Å²) >= 11 is 1.59. The molecule has 3 aromatic rings. The molecular formula is C18H17N3OS. The molecule has 0 unspecified atom stereocenters. The van der Waals surface area contributed by atoms with Gasteiger partial charge in [0.15, 0.2) is 0 Å². The number of ether oxygens (including phenoxy) is 1. The van der Waals surface area contributed by atoms with E-state index >= 15 is 0 Å². The van der Waals surface area contributed by atoms with E-state index in [1.54, 1.807) is 24.7 Å². The molecule has 0 bridgehead atoms. The highest BCUT2D eigenvalue weighted by atomic mass is 32.1. The molecule has 0 radical (unpaired) electrons. The van der Waals surface area contributed by atoms with Crippen LogP contribution < -0.4 is 10.2 Å². The van der Waals surface area contributed by atoms with Gasteiger partial charge in [-0.25, -0.2) is 4.98 Å². The summed E-state index contributed by atoms with van der Waals surface area (Å²) in [7, 11) is 1.65. The van der Waals surface area contributed by atoms with Crippen LogP contribution in [0.1, 0.15) is 10.4 Å². The molecule has 0 fully saturated rings. The predicted octanol–water partition coefficient (Wildman–Crippen LogP) is 4.57. The minimum Gasteiger partial charge on any atom is -0.497 e. The van der Waals surface area contributed by atoms with Gasteiger partial charge in [-0.1, -0.05) is 30.3 Å². The fourth-order valence-electron chi connectivity index (χ4n) is 2.16. The number of anilines is 1. The largest absolute Gasteiger partial charge is 0.497 e. The second-order valence-electron chi connectivity index (χ2n) is 4.93. The van der Waals surface area contributed by atoms with Crippen molar-refractivity contribution in [3.05, 3.63) is 65.0 Å². The normalized spacial score (nSPS) is 10.9. The number of methoxy groups -OCH3 is 1. The summed E-state index contributed by atoms with van der Waals surface area (Å²) in [4.78, 5) is 5.78. The minimum atomic E-state index is 0.783. The number of thiazole rings is 1. The van der Waals surface area contributed by atoms with Crippen LogP contribution in [0.5, 0.6) is 5.75 Å². The van der Waals surface area contributed by atoms with Crippen molar-refractivity contribution in [3.8, 4) is 17.0 Å². The van der Waals surface area contributed by atoms with Crippen molar-refractivity contribution in [1.82, 2.24) is 4.98 Å². The first-order valence-corrected chi connectivity index (χ1v) is 8.04. The molecule has 1 N–H and O–H groups in total. The van der Waals surface area contributed by atoms with Gasteiger partial charge in [0.2, 0.25) is 5.13 Å². The summed E-state index contributed by atoms with van der Waals surface area (Å²) in [5.41, 5.74) is 6.11. The lowest BCUT2D eigenvalue weighted by Crippen LogP contribution is -1.90. The molecule has 0 atom stereocenters. The molecule has 116 valence electrons. The van der Waals surface area contributed by atoms with E-state index < -0.39 is 0 Å². The van der Waals surface area contributed by atoms with E-state index in [1.165, 1.54) is 4.88 Å². The van der Waals surface area contributed by atoms with Gasteiger partial charge in [-0.05, 0) is 36.8 Å². The molecule has 0 aliphatic carbocycles. The Morgan fingerprint density at radius 3 is 2.52 bits per heavy atom. The van der Waals surface area contributed by atoms with Crippen LogP contribution in [0.4, 0.5) is 5.13 Å². The zero-order valence-corrected chi connectivity index (χ0v) is 13.8. The number of rotatable bonds is 5. The molecule has 0 aliphatic rings. The third-order valence-electron chi connectivity index (χ3n) is 3.33. The van der Waals surface area contributed by atoms with Crippen molar-refractivity contribution in [3.63, 3.8) is 0 Å². The Bertz CT molecular complexity index is 795. The standard InChI is InChI=1S/C18H17N3OS/c1-13-17(15-6-4-3-5-7-15)20-18(23-13)21-19-12-14-8-10-16(22-2)11-9-14/h3-12H,1-2H3,(H,20,21)/b19-12-. The van der Waals surface area contributed by atoms with Gasteiger partial charge in [-0.3, -0.25) is 5.43 Å². The summed E-state index contributed by atoms with van der Waals surface area (Å²) < 4.78 is 5.13. The lowest BCUT2D eigenvalue weighted by Gasteiger charge is -1.99. The summed E-state index contributed by atoms with van der Waals surface area (Å²) in [6, 6.07) is 17.9. The SMILES string of the molecule is COc1ccc(/C=N\Nc2nc(-c3ccccc3)c(C)s2)cc1. The van der Waals surface area contributed by atoms with E-state index in [4.69, 9.17) is 4.74 Å². The molecule has 4 nitrogen and oxygen atoms in total. The molecule has 5 heteroatoms. The molecule has 1 heterocycles. The van der Waals surface area contributed by atoms with E-state index in [1.807, 2.05) is 42.5 Å². The first kappa shape index (κ1) is 15.2. The zero-order valence-electron chi connectivity index (χ0n) is 13.0. The molecule has 0 spiro atoms. The van der Waals surface area contributed by atoms with E-state index in [9.17, 15) is 0 Å². The van der Waals surface area contributed by atoms with Gasteiger partial charge >= 0.3 is 0 Å². The number of hydrazone groups is 1. The highest BCUT2D eigenvalue weighted by Gasteiger charge is 2.08. The van der Waals surface area contributed by atoms with Gasteiger partial charge in [0, 0.05) is 10.4 Å². The van der Waals surface area contributed by atoms with Crippen LogP contribution in [-0.4, -0.2) is 18.3 Å². The van der Waals surface area contributed by atoms with Crippen molar-refractivity contribution < 1.29 is 4.74 Å². The highest BCUT2D eigenvalue weighted by molar-refractivity contribution is 7.15. The number of nitrogens with zero attached hydrogens (tertiary/aromatic N) is 2. The summed E-state index contributed by atoms with van der Waals surface area (Å²) in [5.74, 6) is 0.832.